The Balaban J connectivity index is 1.60. The lowest BCUT2D eigenvalue weighted by molar-refractivity contribution is -0.136. The van der Waals surface area contributed by atoms with Crippen LogP contribution in [-0.4, -0.2) is 60.5 Å². The van der Waals surface area contributed by atoms with Gasteiger partial charge >= 0.3 is 0 Å². The maximum Gasteiger partial charge on any atom is 0.260 e. The first-order valence-electron chi connectivity index (χ1n) is 13.8. The number of hydrogen-bond donors (Lipinski definition) is 0. The van der Waals surface area contributed by atoms with E-state index in [2.05, 4.69) is 12.1 Å². The zero-order valence-corrected chi connectivity index (χ0v) is 23.3. The van der Waals surface area contributed by atoms with Crippen LogP contribution in [0.2, 0.25) is 5.02 Å². The molecule has 39 heavy (non-hydrogen) atoms. The lowest BCUT2D eigenvalue weighted by atomic mass is 10.0. The highest BCUT2D eigenvalue weighted by Gasteiger charge is 2.27. The van der Waals surface area contributed by atoms with Gasteiger partial charge in [-0.3, -0.25) is 9.59 Å². The molecular formula is C32H37ClN2O4. The molecule has 3 aromatic rings. The molecule has 0 aliphatic carbocycles. The lowest BCUT2D eigenvalue weighted by Gasteiger charge is -2.33. The van der Waals surface area contributed by atoms with Crippen LogP contribution in [0.25, 0.3) is 0 Å². The summed E-state index contributed by atoms with van der Waals surface area (Å²) in [4.78, 5) is 30.8. The van der Waals surface area contributed by atoms with E-state index in [4.69, 9.17) is 21.1 Å². The van der Waals surface area contributed by atoms with Crippen LogP contribution in [0.4, 0.5) is 0 Å². The molecule has 0 N–H and O–H groups in total. The van der Waals surface area contributed by atoms with Crippen LogP contribution in [-0.2, 0) is 11.2 Å². The summed E-state index contributed by atoms with van der Waals surface area (Å²) in [5, 5.41) is 0.615. The van der Waals surface area contributed by atoms with Gasteiger partial charge in [0.2, 0.25) is 0 Å². The Morgan fingerprint density at radius 1 is 0.923 bits per heavy atom. The third-order valence-corrected chi connectivity index (χ3v) is 7.30. The van der Waals surface area contributed by atoms with Crippen LogP contribution in [0.3, 0.4) is 0 Å². The summed E-state index contributed by atoms with van der Waals surface area (Å²) in [5.74, 6) is 1.02. The highest BCUT2D eigenvalue weighted by molar-refractivity contribution is 6.30. The summed E-state index contributed by atoms with van der Waals surface area (Å²) in [5.41, 5.74) is 1.67. The van der Waals surface area contributed by atoms with Crippen LogP contribution < -0.4 is 9.47 Å². The highest BCUT2D eigenvalue weighted by atomic mass is 35.5. The van der Waals surface area contributed by atoms with Crippen molar-refractivity contribution in [2.75, 3.05) is 32.8 Å². The second kappa shape index (κ2) is 14.6. The molecule has 0 radical (unpaired) electrons. The Bertz CT molecular complexity index is 1200. The van der Waals surface area contributed by atoms with E-state index in [0.29, 0.717) is 48.1 Å². The van der Waals surface area contributed by atoms with Gasteiger partial charge in [0.05, 0.1) is 11.6 Å². The molecule has 0 bridgehead atoms. The third-order valence-electron chi connectivity index (χ3n) is 7.05. The Morgan fingerprint density at radius 2 is 1.62 bits per heavy atom. The van der Waals surface area contributed by atoms with Crippen molar-refractivity contribution in [3.05, 3.63) is 95.0 Å². The summed E-state index contributed by atoms with van der Waals surface area (Å²) >= 11 is 5.99. The smallest absolute Gasteiger partial charge is 0.260 e. The van der Waals surface area contributed by atoms with Crippen molar-refractivity contribution in [3.8, 4) is 11.5 Å². The normalized spacial score (nSPS) is 17.1. The number of amides is 2. The number of halogens is 1. The zero-order chi connectivity index (χ0) is 27.5. The molecule has 0 fully saturated rings. The van der Waals surface area contributed by atoms with Crippen molar-refractivity contribution in [1.29, 1.82) is 0 Å². The standard InChI is InChI=1S/C32H37ClN2O4/c1-2-34-20-10-3-4-11-21-35(31(36)24-38-28-18-16-26(33)17-19-28)27(22-25-12-6-5-7-13-25)23-39-30-15-9-8-14-29(30)32(34)37/h5-9,12-19,27H,2-4,10-11,20-24H2,1H3/t27-/m0/s1. The van der Waals surface area contributed by atoms with Crippen molar-refractivity contribution >= 4 is 23.4 Å². The number of fused-ring (bicyclic) bond motifs is 1. The average molecular weight is 549 g/mol. The maximum absolute atomic E-state index is 13.6. The van der Waals surface area contributed by atoms with Gasteiger partial charge in [0.25, 0.3) is 11.8 Å². The monoisotopic (exact) mass is 548 g/mol. The average Bonchev–Trinajstić information content (AvgIpc) is 2.96. The number of para-hydroxylation sites is 1. The van der Waals surface area contributed by atoms with Crippen molar-refractivity contribution in [1.82, 2.24) is 9.80 Å². The van der Waals surface area contributed by atoms with Crippen molar-refractivity contribution in [2.24, 2.45) is 0 Å². The number of nitrogens with zero attached hydrogens (tertiary/aromatic N) is 2. The molecule has 0 unspecified atom stereocenters. The summed E-state index contributed by atoms with van der Waals surface area (Å²) < 4.78 is 12.2. The minimum Gasteiger partial charge on any atom is -0.491 e. The fraction of sp³-hybridized carbons (Fsp3) is 0.375. The molecule has 0 saturated heterocycles. The predicted molar refractivity (Wildman–Crippen MR) is 155 cm³/mol. The SMILES string of the molecule is CCN1CCCCCCN(C(=O)COc2ccc(Cl)cc2)[C@@H](Cc2ccccc2)COc2ccccc2C1=O. The van der Waals surface area contributed by atoms with E-state index in [-0.39, 0.29) is 31.1 Å². The summed E-state index contributed by atoms with van der Waals surface area (Å²) in [6.45, 7) is 4.17. The Kier molecular flexibility index (Phi) is 10.7. The van der Waals surface area contributed by atoms with Crippen molar-refractivity contribution in [3.63, 3.8) is 0 Å². The van der Waals surface area contributed by atoms with Crippen molar-refractivity contribution < 1.29 is 19.1 Å². The molecule has 3 aromatic carbocycles. The Morgan fingerprint density at radius 3 is 2.36 bits per heavy atom. The molecule has 1 atom stereocenters. The van der Waals surface area contributed by atoms with Gasteiger partial charge in [-0.2, -0.15) is 0 Å². The fourth-order valence-corrected chi connectivity index (χ4v) is 5.01. The number of ether oxygens (including phenoxy) is 2. The zero-order valence-electron chi connectivity index (χ0n) is 22.6. The first kappa shape index (κ1) is 28.5. The van der Waals surface area contributed by atoms with Gasteiger partial charge in [-0.25, -0.2) is 0 Å². The van der Waals surface area contributed by atoms with Crippen LogP contribution >= 0.6 is 11.6 Å². The fourth-order valence-electron chi connectivity index (χ4n) is 4.88. The molecule has 0 spiro atoms. The van der Waals surface area contributed by atoms with Gasteiger partial charge in [-0.15, -0.1) is 0 Å². The Labute approximate surface area is 236 Å². The van der Waals surface area contributed by atoms with Gasteiger partial charge in [-0.05, 0) is 68.1 Å². The highest BCUT2D eigenvalue weighted by Crippen LogP contribution is 2.23. The van der Waals surface area contributed by atoms with Crippen molar-refractivity contribution in [2.45, 2.75) is 45.1 Å². The van der Waals surface area contributed by atoms with E-state index in [1.54, 1.807) is 24.3 Å². The lowest BCUT2D eigenvalue weighted by Crippen LogP contribution is -2.47. The predicted octanol–water partition coefficient (Wildman–Crippen LogP) is 6.27. The summed E-state index contributed by atoms with van der Waals surface area (Å²) in [7, 11) is 0. The van der Waals surface area contributed by atoms with Gasteiger partial charge in [0.1, 0.15) is 18.1 Å². The minimum absolute atomic E-state index is 0.0194. The van der Waals surface area contributed by atoms with Gasteiger partial charge in [0, 0.05) is 24.7 Å². The first-order valence-corrected chi connectivity index (χ1v) is 14.2. The number of hydrogen-bond acceptors (Lipinski definition) is 4. The quantitative estimate of drug-likeness (QED) is 0.364. The van der Waals surface area contributed by atoms with E-state index in [1.807, 2.05) is 59.2 Å². The van der Waals surface area contributed by atoms with Gasteiger partial charge in [-0.1, -0.05) is 66.9 Å². The first-order chi connectivity index (χ1) is 19.0. The summed E-state index contributed by atoms with van der Waals surface area (Å²) in [6.07, 6.45) is 4.39. The molecule has 0 aromatic heterocycles. The number of carbonyl (C=O) groups excluding carboxylic acids is 2. The molecule has 0 saturated carbocycles. The Hall–Kier alpha value is -3.51. The molecule has 206 valence electrons. The van der Waals surface area contributed by atoms with E-state index in [0.717, 1.165) is 31.2 Å². The molecule has 2 amide bonds. The molecule has 6 nitrogen and oxygen atoms in total. The van der Waals surface area contributed by atoms with Crippen LogP contribution in [0.1, 0.15) is 48.5 Å². The molecule has 1 aliphatic heterocycles. The topological polar surface area (TPSA) is 59.1 Å². The molecule has 1 aliphatic rings. The van der Waals surface area contributed by atoms with Crippen LogP contribution in [0.5, 0.6) is 11.5 Å². The minimum atomic E-state index is -0.234. The van der Waals surface area contributed by atoms with Gasteiger partial charge in [0.15, 0.2) is 6.61 Å². The second-order valence-electron chi connectivity index (χ2n) is 9.78. The number of carbonyl (C=O) groups is 2. The molecule has 1 heterocycles. The van der Waals surface area contributed by atoms with E-state index >= 15 is 0 Å². The number of rotatable bonds is 6. The molecule has 4 rings (SSSR count). The molecule has 7 heteroatoms. The summed E-state index contributed by atoms with van der Waals surface area (Å²) in [6, 6.07) is 24.3. The largest absolute Gasteiger partial charge is 0.491 e. The maximum atomic E-state index is 13.6. The van der Waals surface area contributed by atoms with Gasteiger partial charge < -0.3 is 19.3 Å². The second-order valence-corrected chi connectivity index (χ2v) is 10.2. The van der Waals surface area contributed by atoms with Crippen LogP contribution in [0, 0.1) is 0 Å². The molecular weight excluding hydrogens is 512 g/mol. The van der Waals surface area contributed by atoms with Crippen LogP contribution in [0.15, 0.2) is 78.9 Å². The number of benzene rings is 3. The van der Waals surface area contributed by atoms with E-state index in [9.17, 15) is 9.59 Å². The van der Waals surface area contributed by atoms with E-state index < -0.39 is 0 Å². The third kappa shape index (κ3) is 8.24. The van der Waals surface area contributed by atoms with E-state index in [1.165, 1.54) is 0 Å².